The first-order chi connectivity index (χ1) is 11.5. The Labute approximate surface area is 146 Å². The number of piperazine rings is 1. The van der Waals surface area contributed by atoms with Gasteiger partial charge in [-0.15, -0.1) is 5.10 Å². The first-order valence-electron chi connectivity index (χ1n) is 8.09. The van der Waals surface area contributed by atoms with Crippen LogP contribution in [0, 0.1) is 5.92 Å². The van der Waals surface area contributed by atoms with Crippen LogP contribution in [-0.2, 0) is 11.3 Å². The van der Waals surface area contributed by atoms with Gasteiger partial charge in [0, 0.05) is 37.1 Å². The fraction of sp³-hybridized carbons (Fsp3) is 0.500. The van der Waals surface area contributed by atoms with Gasteiger partial charge in [0.25, 0.3) is 0 Å². The number of rotatable bonds is 4. The third-order valence-electron chi connectivity index (χ3n) is 4.15. The molecule has 0 unspecified atom stereocenters. The molecule has 0 radical (unpaired) electrons. The highest BCUT2D eigenvalue weighted by atomic mass is 35.5. The molecule has 24 heavy (non-hydrogen) atoms. The number of amides is 1. The van der Waals surface area contributed by atoms with Crippen LogP contribution in [-0.4, -0.2) is 62.1 Å². The van der Waals surface area contributed by atoms with Crippen LogP contribution < -0.4 is 0 Å². The zero-order valence-electron chi connectivity index (χ0n) is 13.9. The van der Waals surface area contributed by atoms with E-state index in [1.807, 2.05) is 43.0 Å². The number of benzene rings is 1. The van der Waals surface area contributed by atoms with E-state index in [0.717, 1.165) is 37.7 Å². The zero-order chi connectivity index (χ0) is 17.1. The quantitative estimate of drug-likeness (QED) is 0.839. The van der Waals surface area contributed by atoms with Gasteiger partial charge in [0.05, 0.1) is 12.2 Å². The highest BCUT2D eigenvalue weighted by Crippen LogP contribution is 2.15. The van der Waals surface area contributed by atoms with Gasteiger partial charge in [0.15, 0.2) is 5.82 Å². The molecule has 1 fully saturated rings. The second kappa shape index (κ2) is 7.27. The standard InChI is InChI=1S/C16H21ClN6O/c1-12(2)16(24)22-9-7-21(8-10-22)11-15-18-19-20-23(15)14-5-3-13(17)4-6-14/h3-6,12H,7-11H2,1-2H3. The lowest BCUT2D eigenvalue weighted by Crippen LogP contribution is -2.49. The Kier molecular flexibility index (Phi) is 5.11. The molecule has 1 saturated heterocycles. The normalized spacial score (nSPS) is 15.9. The van der Waals surface area contributed by atoms with E-state index in [-0.39, 0.29) is 11.8 Å². The number of carbonyl (C=O) groups excluding carboxylic acids is 1. The maximum absolute atomic E-state index is 12.0. The van der Waals surface area contributed by atoms with Crippen molar-refractivity contribution in [3.8, 4) is 5.69 Å². The Morgan fingerprint density at radius 2 is 1.83 bits per heavy atom. The lowest BCUT2D eigenvalue weighted by atomic mass is 10.1. The molecule has 1 aromatic carbocycles. The number of hydrogen-bond donors (Lipinski definition) is 0. The third kappa shape index (κ3) is 3.73. The average Bonchev–Trinajstić information content (AvgIpc) is 3.03. The minimum Gasteiger partial charge on any atom is -0.340 e. The molecule has 2 aromatic rings. The van der Waals surface area contributed by atoms with Crippen LogP contribution >= 0.6 is 11.6 Å². The van der Waals surface area contributed by atoms with Gasteiger partial charge in [0.2, 0.25) is 5.91 Å². The first-order valence-corrected chi connectivity index (χ1v) is 8.46. The molecule has 1 aliphatic heterocycles. The number of aromatic nitrogens is 4. The van der Waals surface area contributed by atoms with Crippen LogP contribution in [0.25, 0.3) is 5.69 Å². The molecule has 3 rings (SSSR count). The van der Waals surface area contributed by atoms with Crippen molar-refractivity contribution in [3.63, 3.8) is 0 Å². The highest BCUT2D eigenvalue weighted by molar-refractivity contribution is 6.30. The van der Waals surface area contributed by atoms with Crippen molar-refractivity contribution >= 4 is 17.5 Å². The largest absolute Gasteiger partial charge is 0.340 e. The molecule has 2 heterocycles. The Bertz CT molecular complexity index is 691. The van der Waals surface area contributed by atoms with Crippen molar-refractivity contribution in [2.24, 2.45) is 5.92 Å². The second-order valence-corrected chi connectivity index (χ2v) is 6.68. The average molecular weight is 349 g/mol. The van der Waals surface area contributed by atoms with E-state index in [9.17, 15) is 4.79 Å². The van der Waals surface area contributed by atoms with Crippen molar-refractivity contribution in [3.05, 3.63) is 35.1 Å². The van der Waals surface area contributed by atoms with E-state index in [4.69, 9.17) is 11.6 Å². The minimum absolute atomic E-state index is 0.0498. The SMILES string of the molecule is CC(C)C(=O)N1CCN(Cc2nnnn2-c2ccc(Cl)cc2)CC1. The summed E-state index contributed by atoms with van der Waals surface area (Å²) in [5.41, 5.74) is 0.882. The Hall–Kier alpha value is -1.99. The molecule has 8 heteroatoms. The predicted molar refractivity (Wildman–Crippen MR) is 90.9 cm³/mol. The van der Waals surface area contributed by atoms with Crippen molar-refractivity contribution in [1.29, 1.82) is 0 Å². The van der Waals surface area contributed by atoms with Gasteiger partial charge in [-0.3, -0.25) is 9.69 Å². The number of hydrogen-bond acceptors (Lipinski definition) is 5. The summed E-state index contributed by atoms with van der Waals surface area (Å²) in [6, 6.07) is 7.42. The molecule has 0 N–H and O–H groups in total. The minimum atomic E-state index is 0.0498. The van der Waals surface area contributed by atoms with Crippen LogP contribution in [0.3, 0.4) is 0 Å². The number of halogens is 1. The molecule has 0 bridgehead atoms. The molecule has 128 valence electrons. The summed E-state index contributed by atoms with van der Waals surface area (Å²) in [7, 11) is 0. The van der Waals surface area contributed by atoms with Gasteiger partial charge >= 0.3 is 0 Å². The van der Waals surface area contributed by atoms with Crippen LogP contribution in [0.4, 0.5) is 0 Å². The van der Waals surface area contributed by atoms with E-state index in [1.54, 1.807) is 4.68 Å². The summed E-state index contributed by atoms with van der Waals surface area (Å²) in [5, 5.41) is 12.7. The fourth-order valence-electron chi connectivity index (χ4n) is 2.78. The molecule has 1 amide bonds. The fourth-order valence-corrected chi connectivity index (χ4v) is 2.90. The van der Waals surface area contributed by atoms with Crippen molar-refractivity contribution in [1.82, 2.24) is 30.0 Å². The van der Waals surface area contributed by atoms with Gasteiger partial charge in [-0.25, -0.2) is 0 Å². The predicted octanol–water partition coefficient (Wildman–Crippen LogP) is 1.62. The number of nitrogens with zero attached hydrogens (tertiary/aromatic N) is 6. The Morgan fingerprint density at radius 1 is 1.17 bits per heavy atom. The summed E-state index contributed by atoms with van der Waals surface area (Å²) in [5.74, 6) is 1.05. The van der Waals surface area contributed by atoms with Crippen molar-refractivity contribution in [2.75, 3.05) is 26.2 Å². The maximum Gasteiger partial charge on any atom is 0.225 e. The van der Waals surface area contributed by atoms with E-state index >= 15 is 0 Å². The molecule has 1 aromatic heterocycles. The van der Waals surface area contributed by atoms with Gasteiger partial charge in [-0.2, -0.15) is 4.68 Å². The molecule has 1 aliphatic rings. The van der Waals surface area contributed by atoms with Crippen LogP contribution in [0.15, 0.2) is 24.3 Å². The smallest absolute Gasteiger partial charge is 0.225 e. The lowest BCUT2D eigenvalue weighted by Gasteiger charge is -2.35. The monoisotopic (exact) mass is 348 g/mol. The summed E-state index contributed by atoms with van der Waals surface area (Å²) in [6.45, 7) is 7.68. The van der Waals surface area contributed by atoms with Crippen LogP contribution in [0.5, 0.6) is 0 Å². The van der Waals surface area contributed by atoms with Gasteiger partial charge < -0.3 is 4.90 Å². The third-order valence-corrected chi connectivity index (χ3v) is 4.40. The van der Waals surface area contributed by atoms with E-state index in [2.05, 4.69) is 20.4 Å². The lowest BCUT2D eigenvalue weighted by molar-refractivity contribution is -0.136. The molecular weight excluding hydrogens is 328 g/mol. The molecule has 0 aliphatic carbocycles. The molecular formula is C16H21ClN6O. The molecule has 7 nitrogen and oxygen atoms in total. The molecule has 0 saturated carbocycles. The second-order valence-electron chi connectivity index (χ2n) is 6.24. The van der Waals surface area contributed by atoms with Gasteiger partial charge in [0.1, 0.15) is 0 Å². The van der Waals surface area contributed by atoms with Gasteiger partial charge in [-0.05, 0) is 34.7 Å². The Balaban J connectivity index is 1.63. The topological polar surface area (TPSA) is 67.2 Å². The summed E-state index contributed by atoms with van der Waals surface area (Å²) >= 11 is 5.93. The summed E-state index contributed by atoms with van der Waals surface area (Å²) in [4.78, 5) is 16.2. The van der Waals surface area contributed by atoms with Crippen LogP contribution in [0.1, 0.15) is 19.7 Å². The highest BCUT2D eigenvalue weighted by Gasteiger charge is 2.24. The Morgan fingerprint density at radius 3 is 2.46 bits per heavy atom. The zero-order valence-corrected chi connectivity index (χ0v) is 14.6. The van der Waals surface area contributed by atoms with Crippen LogP contribution in [0.2, 0.25) is 5.02 Å². The maximum atomic E-state index is 12.0. The summed E-state index contributed by atoms with van der Waals surface area (Å²) < 4.78 is 1.72. The van der Waals surface area contributed by atoms with E-state index in [1.165, 1.54) is 0 Å². The van der Waals surface area contributed by atoms with E-state index in [0.29, 0.717) is 11.6 Å². The first kappa shape index (κ1) is 16.9. The number of carbonyl (C=O) groups is 1. The molecule has 0 spiro atoms. The number of tetrazole rings is 1. The molecule has 0 atom stereocenters. The van der Waals surface area contributed by atoms with Gasteiger partial charge in [-0.1, -0.05) is 25.4 Å². The van der Waals surface area contributed by atoms with E-state index < -0.39 is 0 Å². The van der Waals surface area contributed by atoms with Crippen molar-refractivity contribution < 1.29 is 4.79 Å². The summed E-state index contributed by atoms with van der Waals surface area (Å²) in [6.07, 6.45) is 0. The van der Waals surface area contributed by atoms with Crippen molar-refractivity contribution in [2.45, 2.75) is 20.4 Å².